The largest absolute Gasteiger partial charge is 0.347 e. The van der Waals surface area contributed by atoms with Gasteiger partial charge in [-0.2, -0.15) is 0 Å². The van der Waals surface area contributed by atoms with Crippen LogP contribution in [0, 0.1) is 29.1 Å². The molecule has 2 saturated carbocycles. The Labute approximate surface area is 98.7 Å². The number of rotatable bonds is 1. The lowest BCUT2D eigenvalue weighted by Gasteiger charge is -2.49. The molecule has 2 aliphatic carbocycles. The van der Waals surface area contributed by atoms with Gasteiger partial charge in [0.1, 0.15) is 0 Å². The summed E-state index contributed by atoms with van der Waals surface area (Å²) in [5, 5.41) is 0. The lowest BCUT2D eigenvalue weighted by Crippen LogP contribution is -2.52. The predicted octanol–water partition coefficient (Wildman–Crippen LogP) is 3.07. The van der Waals surface area contributed by atoms with Crippen LogP contribution in [0.3, 0.4) is 0 Å². The van der Waals surface area contributed by atoms with E-state index in [-0.39, 0.29) is 5.79 Å². The van der Waals surface area contributed by atoms with E-state index in [0.29, 0.717) is 17.3 Å². The minimum Gasteiger partial charge on any atom is -0.347 e. The van der Waals surface area contributed by atoms with Crippen molar-refractivity contribution in [2.75, 3.05) is 13.2 Å². The Hall–Kier alpha value is -0.0800. The Kier molecular flexibility index (Phi) is 2.23. The van der Waals surface area contributed by atoms with E-state index in [0.717, 1.165) is 25.0 Å². The highest BCUT2D eigenvalue weighted by Crippen LogP contribution is 2.68. The van der Waals surface area contributed by atoms with Gasteiger partial charge >= 0.3 is 0 Å². The van der Waals surface area contributed by atoms with Gasteiger partial charge in [0, 0.05) is 11.8 Å². The van der Waals surface area contributed by atoms with Gasteiger partial charge in [0.2, 0.25) is 0 Å². The molecular formula is C14H24O2. The first-order valence-corrected chi connectivity index (χ1v) is 6.82. The van der Waals surface area contributed by atoms with E-state index in [4.69, 9.17) is 9.47 Å². The summed E-state index contributed by atoms with van der Waals surface area (Å²) in [6.45, 7) is 11.2. The van der Waals surface area contributed by atoms with E-state index >= 15 is 0 Å². The van der Waals surface area contributed by atoms with Crippen LogP contribution in [0.25, 0.3) is 0 Å². The van der Waals surface area contributed by atoms with E-state index in [1.807, 2.05) is 0 Å². The first-order valence-electron chi connectivity index (χ1n) is 6.82. The molecule has 2 bridgehead atoms. The summed E-state index contributed by atoms with van der Waals surface area (Å²) < 4.78 is 12.2. The Morgan fingerprint density at radius 1 is 1.12 bits per heavy atom. The topological polar surface area (TPSA) is 18.5 Å². The Morgan fingerprint density at radius 3 is 2.31 bits per heavy atom. The van der Waals surface area contributed by atoms with Gasteiger partial charge in [0.25, 0.3) is 0 Å². The average molecular weight is 224 g/mol. The zero-order valence-corrected chi connectivity index (χ0v) is 11.0. The highest BCUT2D eigenvalue weighted by atomic mass is 16.7. The fourth-order valence-corrected chi connectivity index (χ4v) is 4.83. The third-order valence-electron chi connectivity index (χ3n) is 5.94. The molecule has 2 nitrogen and oxygen atoms in total. The highest BCUT2D eigenvalue weighted by molar-refractivity contribution is 5.13. The summed E-state index contributed by atoms with van der Waals surface area (Å²) in [7, 11) is 0. The standard InChI is InChI=1S/C14H24O2/c1-5-10-12-8-11(9(2)13(12,3)4)14(10)15-6-7-16-14/h9-12H,5-8H2,1-4H3/t9-,10-,11+,12+/m0/s1. The quantitative estimate of drug-likeness (QED) is 0.681. The molecule has 1 aliphatic heterocycles. The lowest BCUT2D eigenvalue weighted by molar-refractivity contribution is -0.248. The van der Waals surface area contributed by atoms with Crippen LogP contribution in [-0.2, 0) is 9.47 Å². The predicted molar refractivity (Wildman–Crippen MR) is 63.0 cm³/mol. The van der Waals surface area contributed by atoms with Crippen molar-refractivity contribution in [2.24, 2.45) is 29.1 Å². The van der Waals surface area contributed by atoms with Crippen LogP contribution < -0.4 is 0 Å². The summed E-state index contributed by atoms with van der Waals surface area (Å²) in [6.07, 6.45) is 2.50. The molecule has 0 aromatic rings. The zero-order chi connectivity index (χ0) is 11.6. The number of ether oxygens (including phenoxy) is 2. The summed E-state index contributed by atoms with van der Waals surface area (Å²) in [4.78, 5) is 0. The Bertz CT molecular complexity index is 287. The molecule has 0 aromatic heterocycles. The Morgan fingerprint density at radius 2 is 1.75 bits per heavy atom. The molecular weight excluding hydrogens is 200 g/mol. The normalized spacial score (nSPS) is 48.0. The van der Waals surface area contributed by atoms with Crippen molar-refractivity contribution < 1.29 is 9.47 Å². The van der Waals surface area contributed by atoms with Gasteiger partial charge in [-0.3, -0.25) is 0 Å². The lowest BCUT2D eigenvalue weighted by atomic mass is 9.62. The highest BCUT2D eigenvalue weighted by Gasteiger charge is 2.69. The van der Waals surface area contributed by atoms with Gasteiger partial charge < -0.3 is 9.47 Å². The molecule has 1 spiro atoms. The molecule has 2 heteroatoms. The maximum atomic E-state index is 6.08. The molecule has 1 heterocycles. The van der Waals surface area contributed by atoms with Crippen molar-refractivity contribution in [1.82, 2.24) is 0 Å². The molecule has 0 unspecified atom stereocenters. The smallest absolute Gasteiger partial charge is 0.174 e. The molecule has 0 aromatic carbocycles. The first-order chi connectivity index (χ1) is 7.54. The van der Waals surface area contributed by atoms with Crippen molar-refractivity contribution >= 4 is 0 Å². The molecule has 3 aliphatic rings. The number of hydrogen-bond donors (Lipinski definition) is 0. The fourth-order valence-electron chi connectivity index (χ4n) is 4.83. The molecule has 0 radical (unpaired) electrons. The van der Waals surface area contributed by atoms with E-state index < -0.39 is 0 Å². The maximum Gasteiger partial charge on any atom is 0.174 e. The van der Waals surface area contributed by atoms with Crippen molar-refractivity contribution in [1.29, 1.82) is 0 Å². The zero-order valence-electron chi connectivity index (χ0n) is 11.0. The molecule has 16 heavy (non-hydrogen) atoms. The molecule has 3 rings (SSSR count). The second-order valence-corrected chi connectivity index (χ2v) is 6.49. The van der Waals surface area contributed by atoms with Gasteiger partial charge in [0.05, 0.1) is 13.2 Å². The fraction of sp³-hybridized carbons (Fsp3) is 1.00. The second kappa shape index (κ2) is 3.23. The first kappa shape index (κ1) is 11.0. The van der Waals surface area contributed by atoms with Crippen LogP contribution in [0.4, 0.5) is 0 Å². The average Bonchev–Trinajstić information content (AvgIpc) is 2.88. The van der Waals surface area contributed by atoms with Gasteiger partial charge in [-0.25, -0.2) is 0 Å². The monoisotopic (exact) mass is 224 g/mol. The van der Waals surface area contributed by atoms with Crippen LogP contribution in [-0.4, -0.2) is 19.0 Å². The minimum absolute atomic E-state index is 0.200. The molecule has 3 fully saturated rings. The van der Waals surface area contributed by atoms with Crippen LogP contribution in [0.2, 0.25) is 0 Å². The molecule has 0 N–H and O–H groups in total. The summed E-state index contributed by atoms with van der Waals surface area (Å²) in [5.41, 5.74) is 0.464. The van der Waals surface area contributed by atoms with Gasteiger partial charge in [-0.15, -0.1) is 0 Å². The van der Waals surface area contributed by atoms with E-state index in [1.165, 1.54) is 12.8 Å². The molecule has 0 amide bonds. The summed E-state index contributed by atoms with van der Waals surface area (Å²) in [6, 6.07) is 0. The summed E-state index contributed by atoms with van der Waals surface area (Å²) >= 11 is 0. The molecule has 1 saturated heterocycles. The van der Waals surface area contributed by atoms with Gasteiger partial charge in [-0.1, -0.05) is 27.7 Å². The van der Waals surface area contributed by atoms with E-state index in [2.05, 4.69) is 27.7 Å². The van der Waals surface area contributed by atoms with Crippen molar-refractivity contribution in [3.05, 3.63) is 0 Å². The van der Waals surface area contributed by atoms with E-state index in [1.54, 1.807) is 0 Å². The van der Waals surface area contributed by atoms with Crippen molar-refractivity contribution in [3.63, 3.8) is 0 Å². The number of hydrogen-bond acceptors (Lipinski definition) is 2. The van der Waals surface area contributed by atoms with Crippen molar-refractivity contribution in [3.8, 4) is 0 Å². The van der Waals surface area contributed by atoms with E-state index in [9.17, 15) is 0 Å². The SMILES string of the molecule is CC[C@H]1[C@H]2C[C@H]([C@H](C)C2(C)C)C12OCCO2. The van der Waals surface area contributed by atoms with Gasteiger partial charge in [0.15, 0.2) is 5.79 Å². The molecule has 4 atom stereocenters. The molecule has 92 valence electrons. The Balaban J connectivity index is 1.99. The van der Waals surface area contributed by atoms with Crippen LogP contribution in [0.15, 0.2) is 0 Å². The third-order valence-corrected chi connectivity index (χ3v) is 5.94. The minimum atomic E-state index is -0.200. The summed E-state index contributed by atoms with van der Waals surface area (Å²) in [5.74, 6) is 2.55. The van der Waals surface area contributed by atoms with Crippen LogP contribution in [0.1, 0.15) is 40.5 Å². The second-order valence-electron chi connectivity index (χ2n) is 6.49. The van der Waals surface area contributed by atoms with Gasteiger partial charge in [-0.05, 0) is 30.1 Å². The van der Waals surface area contributed by atoms with Crippen LogP contribution in [0.5, 0.6) is 0 Å². The maximum absolute atomic E-state index is 6.08. The number of fused-ring (bicyclic) bond motifs is 3. The third kappa shape index (κ3) is 1.06. The van der Waals surface area contributed by atoms with Crippen molar-refractivity contribution in [2.45, 2.75) is 46.3 Å². The van der Waals surface area contributed by atoms with Crippen LogP contribution >= 0.6 is 0 Å².